The topological polar surface area (TPSA) is 68.3 Å². The number of hydrogen-bond donors (Lipinski definition) is 1. The molecule has 1 N–H and O–H groups in total. The highest BCUT2D eigenvalue weighted by Crippen LogP contribution is 2.47. The van der Waals surface area contributed by atoms with Gasteiger partial charge in [-0.3, -0.25) is 10.1 Å². The minimum atomic E-state index is -0.850. The molecule has 1 aromatic carbocycles. The summed E-state index contributed by atoms with van der Waals surface area (Å²) < 4.78 is 19.2. The van der Waals surface area contributed by atoms with Crippen molar-refractivity contribution in [1.82, 2.24) is 0 Å². The van der Waals surface area contributed by atoms with Crippen molar-refractivity contribution in [3.05, 3.63) is 57.8 Å². The quantitative estimate of drug-likeness (QED) is 0.666. The molecule has 0 saturated heterocycles. The summed E-state index contributed by atoms with van der Waals surface area (Å²) in [5, 5.41) is 13.5. The second-order valence-corrected chi connectivity index (χ2v) is 5.40. The number of hydrogen-bond acceptors (Lipinski definition) is 4. The number of halogens is 1. The summed E-state index contributed by atoms with van der Waals surface area (Å²) in [6.07, 6.45) is 1.16. The number of nitro groups is 1. The average molecular weight is 290 g/mol. The maximum atomic E-state index is 13.5. The molecule has 1 aliphatic carbocycles. The average Bonchev–Trinajstić information content (AvgIpc) is 2.99. The lowest BCUT2D eigenvalue weighted by atomic mass is 10.2. The molecule has 1 saturated carbocycles. The minimum Gasteiger partial charge on any atom is -0.464 e. The maximum Gasteiger partial charge on any atom is 0.304 e. The Bertz CT molecular complexity index is 683. The highest BCUT2D eigenvalue weighted by atomic mass is 19.1. The largest absolute Gasteiger partial charge is 0.464 e. The summed E-state index contributed by atoms with van der Waals surface area (Å²) in [5.74, 6) is 2.12. The van der Waals surface area contributed by atoms with E-state index in [4.69, 9.17) is 4.42 Å². The number of nitro benzene ring substituents is 1. The van der Waals surface area contributed by atoms with E-state index in [1.807, 2.05) is 12.1 Å². The van der Waals surface area contributed by atoms with Gasteiger partial charge in [0.15, 0.2) is 0 Å². The maximum absolute atomic E-state index is 13.5. The Hall–Kier alpha value is -2.37. The van der Waals surface area contributed by atoms with Crippen LogP contribution in [0.1, 0.15) is 30.8 Å². The Morgan fingerprint density at radius 3 is 2.81 bits per heavy atom. The predicted molar refractivity (Wildman–Crippen MR) is 75.6 cm³/mol. The highest BCUT2D eigenvalue weighted by Gasteiger charge is 2.36. The highest BCUT2D eigenvalue weighted by molar-refractivity contribution is 5.49. The molecule has 2 atom stereocenters. The zero-order valence-electron chi connectivity index (χ0n) is 11.5. The summed E-state index contributed by atoms with van der Waals surface area (Å²) in [5.41, 5.74) is -0.0422. The molecule has 1 heterocycles. The Balaban J connectivity index is 1.63. The normalized spacial score (nSPS) is 20.3. The van der Waals surface area contributed by atoms with Crippen LogP contribution in [0.5, 0.6) is 0 Å². The van der Waals surface area contributed by atoms with E-state index in [2.05, 4.69) is 12.2 Å². The van der Waals surface area contributed by atoms with Crippen molar-refractivity contribution in [3.8, 4) is 0 Å². The van der Waals surface area contributed by atoms with Crippen molar-refractivity contribution in [2.45, 2.75) is 25.8 Å². The van der Waals surface area contributed by atoms with E-state index in [1.165, 1.54) is 6.07 Å². The van der Waals surface area contributed by atoms with Gasteiger partial charge in [0.25, 0.3) is 0 Å². The third-order valence-electron chi connectivity index (χ3n) is 3.77. The first-order chi connectivity index (χ1) is 10.0. The van der Waals surface area contributed by atoms with E-state index in [1.54, 1.807) is 0 Å². The summed E-state index contributed by atoms with van der Waals surface area (Å²) in [6.45, 7) is 2.60. The van der Waals surface area contributed by atoms with Crippen LogP contribution in [-0.4, -0.2) is 4.92 Å². The number of anilines is 1. The fourth-order valence-corrected chi connectivity index (χ4v) is 2.36. The molecule has 1 aliphatic rings. The van der Waals surface area contributed by atoms with Crippen LogP contribution < -0.4 is 5.32 Å². The summed E-state index contributed by atoms with van der Waals surface area (Å²) in [6, 6.07) is 7.62. The lowest BCUT2D eigenvalue weighted by molar-refractivity contribution is -0.387. The zero-order chi connectivity index (χ0) is 15.0. The molecule has 2 aromatic rings. The summed E-state index contributed by atoms with van der Waals surface area (Å²) in [4.78, 5) is 9.80. The van der Waals surface area contributed by atoms with Crippen molar-refractivity contribution < 1.29 is 13.7 Å². The molecular formula is C15H15FN2O3. The van der Waals surface area contributed by atoms with Gasteiger partial charge >= 0.3 is 5.69 Å². The first-order valence-electron chi connectivity index (χ1n) is 6.81. The molecule has 5 nitrogen and oxygen atoms in total. The third kappa shape index (κ3) is 2.89. The molecule has 110 valence electrons. The summed E-state index contributed by atoms with van der Waals surface area (Å²) >= 11 is 0. The molecule has 0 spiro atoms. The second kappa shape index (κ2) is 5.20. The number of nitrogens with one attached hydrogen (secondary N) is 1. The molecule has 1 fully saturated rings. The molecule has 6 heteroatoms. The van der Waals surface area contributed by atoms with Crippen molar-refractivity contribution in [2.24, 2.45) is 5.92 Å². The van der Waals surface area contributed by atoms with Gasteiger partial charge in [0, 0.05) is 23.7 Å². The Morgan fingerprint density at radius 1 is 1.43 bits per heavy atom. The first-order valence-corrected chi connectivity index (χ1v) is 6.81. The molecule has 0 radical (unpaired) electrons. The van der Waals surface area contributed by atoms with Crippen LogP contribution in [0.4, 0.5) is 15.8 Å². The van der Waals surface area contributed by atoms with Crippen LogP contribution in [0.3, 0.4) is 0 Å². The molecule has 1 aromatic heterocycles. The molecular weight excluding hydrogens is 275 g/mol. The smallest absolute Gasteiger partial charge is 0.304 e. The van der Waals surface area contributed by atoms with Crippen molar-refractivity contribution in [2.75, 3.05) is 5.32 Å². The fourth-order valence-electron chi connectivity index (χ4n) is 2.36. The molecule has 3 rings (SSSR count). The van der Waals surface area contributed by atoms with Gasteiger partial charge < -0.3 is 9.73 Å². The van der Waals surface area contributed by atoms with Gasteiger partial charge in [-0.15, -0.1) is 0 Å². The van der Waals surface area contributed by atoms with E-state index in [-0.39, 0.29) is 0 Å². The number of rotatable bonds is 5. The molecule has 0 amide bonds. The number of furan rings is 1. The number of nitrogens with zero attached hydrogens (tertiary/aromatic N) is 1. The fraction of sp³-hybridized carbons (Fsp3) is 0.333. The predicted octanol–water partition coefficient (Wildman–Crippen LogP) is 4.06. The van der Waals surface area contributed by atoms with Crippen LogP contribution in [0.25, 0.3) is 0 Å². The van der Waals surface area contributed by atoms with E-state index in [0.717, 1.165) is 30.1 Å². The van der Waals surface area contributed by atoms with Gasteiger partial charge in [-0.1, -0.05) is 6.92 Å². The van der Waals surface area contributed by atoms with Crippen LogP contribution in [-0.2, 0) is 6.54 Å². The Labute approximate surface area is 120 Å². The lowest BCUT2D eigenvalue weighted by Crippen LogP contribution is -2.00. The zero-order valence-corrected chi connectivity index (χ0v) is 11.5. The molecule has 21 heavy (non-hydrogen) atoms. The minimum absolute atomic E-state index is 0.415. The van der Waals surface area contributed by atoms with Gasteiger partial charge in [-0.2, -0.15) is 4.39 Å². The Kier molecular flexibility index (Phi) is 3.37. The van der Waals surface area contributed by atoms with E-state index in [9.17, 15) is 14.5 Å². The monoisotopic (exact) mass is 290 g/mol. The second-order valence-electron chi connectivity index (χ2n) is 5.40. The van der Waals surface area contributed by atoms with Gasteiger partial charge in [-0.25, -0.2) is 0 Å². The van der Waals surface area contributed by atoms with E-state index < -0.39 is 16.4 Å². The lowest BCUT2D eigenvalue weighted by Gasteiger charge is -2.04. The molecule has 2 unspecified atom stereocenters. The van der Waals surface area contributed by atoms with Gasteiger partial charge in [0.2, 0.25) is 5.82 Å². The van der Waals surface area contributed by atoms with Crippen LogP contribution in [0, 0.1) is 21.8 Å². The standard InChI is InChI=1S/C15H15FN2O3/c1-9-6-12(9)15-5-3-11(21-15)8-17-10-2-4-14(18(19)20)13(16)7-10/h2-5,7,9,12,17H,6,8H2,1H3. The van der Waals surface area contributed by atoms with Crippen LogP contribution in [0.15, 0.2) is 34.7 Å². The molecule has 0 bridgehead atoms. The van der Waals surface area contributed by atoms with Crippen LogP contribution >= 0.6 is 0 Å². The van der Waals surface area contributed by atoms with Crippen molar-refractivity contribution in [3.63, 3.8) is 0 Å². The van der Waals surface area contributed by atoms with E-state index in [0.29, 0.717) is 24.1 Å². The van der Waals surface area contributed by atoms with Gasteiger partial charge in [-0.05, 0) is 30.5 Å². The first kappa shape index (κ1) is 13.6. The number of benzene rings is 1. The third-order valence-corrected chi connectivity index (χ3v) is 3.77. The van der Waals surface area contributed by atoms with E-state index >= 15 is 0 Å². The van der Waals surface area contributed by atoms with Gasteiger partial charge in [0.1, 0.15) is 11.5 Å². The Morgan fingerprint density at radius 2 is 2.19 bits per heavy atom. The SMILES string of the molecule is CC1CC1c1ccc(CNc2ccc([N+](=O)[O-])c(F)c2)o1. The van der Waals surface area contributed by atoms with Crippen molar-refractivity contribution in [1.29, 1.82) is 0 Å². The molecule has 0 aliphatic heterocycles. The van der Waals surface area contributed by atoms with Crippen LogP contribution in [0.2, 0.25) is 0 Å². The van der Waals surface area contributed by atoms with Crippen molar-refractivity contribution >= 4 is 11.4 Å². The summed E-state index contributed by atoms with van der Waals surface area (Å²) in [7, 11) is 0. The van der Waals surface area contributed by atoms with Gasteiger partial charge in [0.05, 0.1) is 11.5 Å².